The van der Waals surface area contributed by atoms with Crippen molar-refractivity contribution < 1.29 is 13.2 Å². The van der Waals surface area contributed by atoms with Gasteiger partial charge in [-0.2, -0.15) is 0 Å². The summed E-state index contributed by atoms with van der Waals surface area (Å²) in [6.07, 6.45) is 2.03. The van der Waals surface area contributed by atoms with Gasteiger partial charge in [-0.05, 0) is 51.4 Å². The Kier molecular flexibility index (Phi) is 13.7. The minimum atomic E-state index is -3.40. The van der Waals surface area contributed by atoms with E-state index in [9.17, 15) is 8.42 Å². The predicted molar refractivity (Wildman–Crippen MR) is 117 cm³/mol. The van der Waals surface area contributed by atoms with Crippen molar-refractivity contribution in [3.8, 4) is 0 Å². The smallest absolute Gasteiger partial charge is 0.240 e. The Balaban J connectivity index is 0.00000625. The third-order valence-corrected chi connectivity index (χ3v) is 4.91. The van der Waals surface area contributed by atoms with Crippen molar-refractivity contribution in [3.05, 3.63) is 29.8 Å². The number of halogens is 1. The molecule has 0 aliphatic heterocycles. The van der Waals surface area contributed by atoms with E-state index in [4.69, 9.17) is 4.74 Å². The maximum Gasteiger partial charge on any atom is 0.240 e. The molecule has 0 aromatic heterocycles. The van der Waals surface area contributed by atoms with E-state index in [0.29, 0.717) is 6.54 Å². The average Bonchev–Trinajstić information content (AvgIpc) is 2.62. The summed E-state index contributed by atoms with van der Waals surface area (Å²) in [4.78, 5) is 4.78. The summed E-state index contributed by atoms with van der Waals surface area (Å²) >= 11 is 0. The number of hydrogen-bond donors (Lipinski definition) is 3. The largest absolute Gasteiger partial charge is 0.382 e. The molecule has 150 valence electrons. The highest BCUT2D eigenvalue weighted by Crippen LogP contribution is 2.10. The van der Waals surface area contributed by atoms with Gasteiger partial charge in [-0.25, -0.2) is 18.1 Å². The molecule has 0 atom stereocenters. The van der Waals surface area contributed by atoms with Gasteiger partial charge in [-0.3, -0.25) is 0 Å². The number of guanidine groups is 1. The molecular weight excluding hydrogens is 467 g/mol. The Bertz CT molecular complexity index is 621. The first-order valence-electron chi connectivity index (χ1n) is 8.66. The maximum absolute atomic E-state index is 11.7. The normalized spacial score (nSPS) is 11.7. The minimum absolute atomic E-state index is 0. The first-order valence-corrected chi connectivity index (χ1v) is 10.1. The summed E-state index contributed by atoms with van der Waals surface area (Å²) in [5.74, 6) is 0.755. The highest BCUT2D eigenvalue weighted by atomic mass is 127. The number of nitrogens with one attached hydrogen (secondary N) is 3. The zero-order chi connectivity index (χ0) is 18.5. The van der Waals surface area contributed by atoms with Crippen molar-refractivity contribution in [2.24, 2.45) is 4.99 Å². The van der Waals surface area contributed by atoms with E-state index < -0.39 is 10.0 Å². The molecule has 0 aliphatic rings. The number of benzene rings is 1. The van der Waals surface area contributed by atoms with Gasteiger partial charge in [0, 0.05) is 26.3 Å². The lowest BCUT2D eigenvalue weighted by Crippen LogP contribution is -2.37. The number of ether oxygens (including phenoxy) is 1. The van der Waals surface area contributed by atoms with E-state index in [1.807, 2.05) is 13.8 Å². The van der Waals surface area contributed by atoms with Crippen LogP contribution >= 0.6 is 24.0 Å². The molecule has 1 aromatic carbocycles. The van der Waals surface area contributed by atoms with Crippen LogP contribution in [0.25, 0.3) is 0 Å². The van der Waals surface area contributed by atoms with Crippen molar-refractivity contribution in [1.82, 2.24) is 15.4 Å². The lowest BCUT2D eigenvalue weighted by Gasteiger charge is -2.11. The highest BCUT2D eigenvalue weighted by Gasteiger charge is 2.10. The minimum Gasteiger partial charge on any atom is -0.382 e. The third kappa shape index (κ3) is 9.70. The Labute approximate surface area is 174 Å². The van der Waals surface area contributed by atoms with Gasteiger partial charge in [0.15, 0.2) is 5.96 Å². The zero-order valence-corrected chi connectivity index (χ0v) is 18.9. The first-order chi connectivity index (χ1) is 12.0. The highest BCUT2D eigenvalue weighted by molar-refractivity contribution is 14.0. The predicted octanol–water partition coefficient (Wildman–Crippen LogP) is 2.08. The fourth-order valence-electron chi connectivity index (χ4n) is 2.08. The summed E-state index contributed by atoms with van der Waals surface area (Å²) in [7, 11) is -2.00. The molecular formula is C17H31IN4O3S. The van der Waals surface area contributed by atoms with Crippen LogP contribution in [0.5, 0.6) is 0 Å². The zero-order valence-electron chi connectivity index (χ0n) is 15.7. The quantitative estimate of drug-likeness (QED) is 0.188. The van der Waals surface area contributed by atoms with Crippen molar-refractivity contribution in [2.45, 2.75) is 38.1 Å². The Morgan fingerprint density at radius 1 is 1.12 bits per heavy atom. The van der Waals surface area contributed by atoms with Crippen LogP contribution in [0.1, 0.15) is 32.3 Å². The van der Waals surface area contributed by atoms with E-state index in [-0.39, 0.29) is 28.9 Å². The number of rotatable bonds is 11. The number of aliphatic imine (C=N–C) groups is 1. The van der Waals surface area contributed by atoms with Crippen LogP contribution in [0.3, 0.4) is 0 Å². The first kappa shape index (κ1) is 25.1. The molecule has 0 bridgehead atoms. The molecule has 0 saturated carbocycles. The van der Waals surface area contributed by atoms with E-state index in [2.05, 4.69) is 20.3 Å². The van der Waals surface area contributed by atoms with Crippen LogP contribution in [0, 0.1) is 0 Å². The van der Waals surface area contributed by atoms with Gasteiger partial charge in [0.25, 0.3) is 0 Å². The topological polar surface area (TPSA) is 91.8 Å². The van der Waals surface area contributed by atoms with Crippen LogP contribution in [0.15, 0.2) is 34.2 Å². The van der Waals surface area contributed by atoms with E-state index >= 15 is 0 Å². The molecule has 0 heterocycles. The molecule has 0 aliphatic carbocycles. The number of sulfonamides is 1. The Hall–Kier alpha value is -0.910. The second kappa shape index (κ2) is 14.2. The molecule has 26 heavy (non-hydrogen) atoms. The number of nitrogens with zero attached hydrogens (tertiary/aromatic N) is 1. The number of hydrogen-bond acceptors (Lipinski definition) is 4. The standard InChI is InChI=1S/C17H30N4O3S.HI/c1-4-19-17(20-12-6-7-13-24-5-2)21-14-15-8-10-16(11-9-15)25(22,23)18-3;/h8-11,18H,4-7,12-14H2,1-3H3,(H2,19,20,21);1H. The number of unbranched alkanes of at least 4 members (excludes halogenated alkanes) is 1. The molecule has 0 saturated heterocycles. The molecule has 0 fully saturated rings. The molecule has 7 nitrogen and oxygen atoms in total. The van der Waals surface area contributed by atoms with Crippen LogP contribution in [0.4, 0.5) is 0 Å². The molecule has 0 amide bonds. The van der Waals surface area contributed by atoms with Gasteiger partial charge in [-0.15, -0.1) is 24.0 Å². The van der Waals surface area contributed by atoms with Gasteiger partial charge in [0.2, 0.25) is 10.0 Å². The van der Waals surface area contributed by atoms with Crippen LogP contribution in [0.2, 0.25) is 0 Å². The van der Waals surface area contributed by atoms with Gasteiger partial charge in [-0.1, -0.05) is 12.1 Å². The van der Waals surface area contributed by atoms with E-state index in [1.54, 1.807) is 24.3 Å². The molecule has 3 N–H and O–H groups in total. The van der Waals surface area contributed by atoms with Crippen LogP contribution < -0.4 is 15.4 Å². The SMILES string of the molecule is CCNC(=NCc1ccc(S(=O)(=O)NC)cc1)NCCCCOCC.I. The molecule has 1 aromatic rings. The van der Waals surface area contributed by atoms with E-state index in [1.165, 1.54) is 7.05 Å². The van der Waals surface area contributed by atoms with Gasteiger partial charge < -0.3 is 15.4 Å². The molecule has 1 rings (SSSR count). The second-order valence-corrected chi connectivity index (χ2v) is 7.26. The fraction of sp³-hybridized carbons (Fsp3) is 0.588. The van der Waals surface area contributed by atoms with E-state index in [0.717, 1.165) is 50.7 Å². The Morgan fingerprint density at radius 2 is 1.81 bits per heavy atom. The molecule has 0 unspecified atom stereocenters. The fourth-order valence-corrected chi connectivity index (χ4v) is 2.81. The summed E-state index contributed by atoms with van der Waals surface area (Å²) in [5.41, 5.74) is 0.948. The maximum atomic E-state index is 11.7. The van der Waals surface area contributed by atoms with Crippen LogP contribution in [-0.2, 0) is 21.3 Å². The summed E-state index contributed by atoms with van der Waals surface area (Å²) in [5, 5.41) is 6.49. The molecule has 0 spiro atoms. The van der Waals surface area contributed by atoms with Gasteiger partial charge in [0.05, 0.1) is 11.4 Å². The summed E-state index contributed by atoms with van der Waals surface area (Å²) < 4.78 is 31.0. The van der Waals surface area contributed by atoms with Gasteiger partial charge >= 0.3 is 0 Å². The molecule has 0 radical (unpaired) electrons. The summed E-state index contributed by atoms with van der Waals surface area (Å²) in [6, 6.07) is 6.73. The Morgan fingerprint density at radius 3 is 2.38 bits per heavy atom. The molecule has 9 heteroatoms. The van der Waals surface area contributed by atoms with Gasteiger partial charge in [0.1, 0.15) is 0 Å². The second-order valence-electron chi connectivity index (χ2n) is 5.38. The lowest BCUT2D eigenvalue weighted by molar-refractivity contribution is 0.143. The van der Waals surface area contributed by atoms with Crippen molar-refractivity contribution >= 4 is 40.0 Å². The van der Waals surface area contributed by atoms with Crippen molar-refractivity contribution in [2.75, 3.05) is 33.4 Å². The third-order valence-electron chi connectivity index (χ3n) is 3.48. The van der Waals surface area contributed by atoms with Crippen LogP contribution in [-0.4, -0.2) is 47.7 Å². The average molecular weight is 498 g/mol. The van der Waals surface area contributed by atoms with Crippen molar-refractivity contribution in [1.29, 1.82) is 0 Å². The summed E-state index contributed by atoms with van der Waals surface area (Å²) in [6.45, 7) is 7.65. The monoisotopic (exact) mass is 498 g/mol. The van der Waals surface area contributed by atoms with Crippen molar-refractivity contribution in [3.63, 3.8) is 0 Å². The lowest BCUT2D eigenvalue weighted by atomic mass is 10.2.